The van der Waals surface area contributed by atoms with Crippen molar-refractivity contribution in [3.05, 3.63) is 0 Å². The zero-order chi connectivity index (χ0) is 12.4. The summed E-state index contributed by atoms with van der Waals surface area (Å²) < 4.78 is 72.2. The Morgan fingerprint density at radius 1 is 1.25 bits per heavy atom. The van der Waals surface area contributed by atoms with Crippen LogP contribution in [-0.4, -0.2) is 37.5 Å². The van der Waals surface area contributed by atoms with Crippen LogP contribution in [0.25, 0.3) is 0 Å². The van der Waals surface area contributed by atoms with Crippen molar-refractivity contribution in [2.75, 3.05) is 19.8 Å². The van der Waals surface area contributed by atoms with Gasteiger partial charge < -0.3 is 9.47 Å². The van der Waals surface area contributed by atoms with Crippen LogP contribution >= 0.6 is 0 Å². The summed E-state index contributed by atoms with van der Waals surface area (Å²) in [5.74, 6) is -4.82. The summed E-state index contributed by atoms with van der Waals surface area (Å²) in [4.78, 5) is 0. The van der Waals surface area contributed by atoms with Gasteiger partial charge in [-0.1, -0.05) is 0 Å². The molecule has 0 saturated carbocycles. The minimum absolute atomic E-state index is 0.0716. The lowest BCUT2D eigenvalue weighted by atomic mass is 9.84. The maximum atomic E-state index is 13.2. The molecule has 0 spiro atoms. The Labute approximate surface area is 89.7 Å². The zero-order valence-corrected chi connectivity index (χ0v) is 8.74. The fourth-order valence-electron chi connectivity index (χ4n) is 1.59. The van der Waals surface area contributed by atoms with Crippen molar-refractivity contribution in [3.8, 4) is 0 Å². The molecule has 1 saturated heterocycles. The van der Waals surface area contributed by atoms with Crippen LogP contribution in [0, 0.1) is 0 Å². The van der Waals surface area contributed by atoms with E-state index in [-0.39, 0.29) is 26.2 Å². The third kappa shape index (κ3) is 2.15. The second kappa shape index (κ2) is 4.44. The Kier molecular flexibility index (Phi) is 3.79. The lowest BCUT2D eigenvalue weighted by Gasteiger charge is -2.47. The standard InChI is InChI=1S/C9H13F5O2/c1-2-15-5-3-7(4-6-16-7)8(10,11)9(12,13)14/h2-6H2,1H3. The Morgan fingerprint density at radius 2 is 1.81 bits per heavy atom. The van der Waals surface area contributed by atoms with Crippen LogP contribution in [0.1, 0.15) is 19.8 Å². The summed E-state index contributed by atoms with van der Waals surface area (Å²) in [6.07, 6.45) is -6.33. The van der Waals surface area contributed by atoms with Gasteiger partial charge in [0, 0.05) is 26.1 Å². The van der Waals surface area contributed by atoms with E-state index >= 15 is 0 Å². The molecule has 7 heteroatoms. The number of hydrogen-bond acceptors (Lipinski definition) is 2. The van der Waals surface area contributed by atoms with Gasteiger partial charge in [0.15, 0.2) is 0 Å². The topological polar surface area (TPSA) is 18.5 Å². The molecule has 0 aromatic carbocycles. The Balaban J connectivity index is 2.72. The molecule has 1 atom stereocenters. The van der Waals surface area contributed by atoms with Crippen molar-refractivity contribution in [2.24, 2.45) is 0 Å². The molecule has 0 N–H and O–H groups in total. The van der Waals surface area contributed by atoms with Gasteiger partial charge in [0.05, 0.1) is 6.61 Å². The Bertz CT molecular complexity index is 235. The molecule has 0 aromatic rings. The van der Waals surface area contributed by atoms with Gasteiger partial charge in [0.25, 0.3) is 0 Å². The summed E-state index contributed by atoms with van der Waals surface area (Å²) in [7, 11) is 0. The van der Waals surface area contributed by atoms with Crippen LogP contribution in [0.4, 0.5) is 22.0 Å². The quantitative estimate of drug-likeness (QED) is 0.550. The predicted molar refractivity (Wildman–Crippen MR) is 45.4 cm³/mol. The Hall–Kier alpha value is -0.430. The van der Waals surface area contributed by atoms with Crippen LogP contribution in [0.2, 0.25) is 0 Å². The van der Waals surface area contributed by atoms with Crippen LogP contribution < -0.4 is 0 Å². The molecule has 1 aliphatic heterocycles. The van der Waals surface area contributed by atoms with Crippen molar-refractivity contribution in [3.63, 3.8) is 0 Å². The fourth-order valence-corrected chi connectivity index (χ4v) is 1.59. The number of halogens is 5. The average Bonchev–Trinajstić information content (AvgIpc) is 2.07. The first-order valence-corrected chi connectivity index (χ1v) is 4.93. The van der Waals surface area contributed by atoms with Gasteiger partial charge in [-0.3, -0.25) is 0 Å². The maximum Gasteiger partial charge on any atom is 0.456 e. The zero-order valence-electron chi connectivity index (χ0n) is 8.74. The smallest absolute Gasteiger partial charge is 0.382 e. The van der Waals surface area contributed by atoms with Crippen molar-refractivity contribution >= 4 is 0 Å². The van der Waals surface area contributed by atoms with Crippen molar-refractivity contribution < 1.29 is 31.4 Å². The van der Waals surface area contributed by atoms with E-state index in [0.717, 1.165) is 0 Å². The molecule has 16 heavy (non-hydrogen) atoms. The highest BCUT2D eigenvalue weighted by molar-refractivity contribution is 5.03. The van der Waals surface area contributed by atoms with Gasteiger partial charge in [-0.2, -0.15) is 22.0 Å². The van der Waals surface area contributed by atoms with Gasteiger partial charge in [-0.05, 0) is 6.92 Å². The number of alkyl halides is 5. The van der Waals surface area contributed by atoms with E-state index in [1.165, 1.54) is 0 Å². The van der Waals surface area contributed by atoms with Gasteiger partial charge in [0.1, 0.15) is 5.60 Å². The normalized spacial score (nSPS) is 26.6. The van der Waals surface area contributed by atoms with Crippen molar-refractivity contribution in [2.45, 2.75) is 37.5 Å². The number of ether oxygens (including phenoxy) is 2. The first kappa shape index (κ1) is 13.6. The maximum absolute atomic E-state index is 13.2. The van der Waals surface area contributed by atoms with Crippen LogP contribution in [0.3, 0.4) is 0 Å². The van der Waals surface area contributed by atoms with Crippen LogP contribution in [-0.2, 0) is 9.47 Å². The molecule has 96 valence electrons. The molecule has 0 amide bonds. The molecule has 1 aliphatic rings. The van der Waals surface area contributed by atoms with Crippen LogP contribution in [0.15, 0.2) is 0 Å². The van der Waals surface area contributed by atoms with Gasteiger partial charge in [-0.25, -0.2) is 0 Å². The molecule has 1 unspecified atom stereocenters. The highest BCUT2D eigenvalue weighted by Crippen LogP contribution is 2.52. The molecule has 0 bridgehead atoms. The van der Waals surface area contributed by atoms with E-state index in [1.807, 2.05) is 0 Å². The van der Waals surface area contributed by atoms with E-state index in [9.17, 15) is 22.0 Å². The molecule has 0 aliphatic carbocycles. The SMILES string of the molecule is CCOCCC1(C(F)(F)C(F)(F)F)CCO1. The van der Waals surface area contributed by atoms with Gasteiger partial charge in [0.2, 0.25) is 0 Å². The molecular formula is C9H13F5O2. The summed E-state index contributed by atoms with van der Waals surface area (Å²) in [5, 5.41) is 0. The molecule has 1 rings (SSSR count). The predicted octanol–water partition coefficient (Wildman–Crippen LogP) is 2.77. The van der Waals surface area contributed by atoms with E-state index in [0.29, 0.717) is 0 Å². The van der Waals surface area contributed by atoms with Crippen molar-refractivity contribution in [1.29, 1.82) is 0 Å². The summed E-state index contributed by atoms with van der Waals surface area (Å²) in [6, 6.07) is 0. The van der Waals surface area contributed by atoms with Gasteiger partial charge >= 0.3 is 12.1 Å². The van der Waals surface area contributed by atoms with E-state index < -0.39 is 24.1 Å². The lowest BCUT2D eigenvalue weighted by Crippen LogP contribution is -2.64. The summed E-state index contributed by atoms with van der Waals surface area (Å²) in [5.41, 5.74) is -2.43. The first-order valence-electron chi connectivity index (χ1n) is 4.93. The van der Waals surface area contributed by atoms with E-state index in [1.54, 1.807) is 6.92 Å². The monoisotopic (exact) mass is 248 g/mol. The van der Waals surface area contributed by atoms with Crippen LogP contribution in [0.5, 0.6) is 0 Å². The molecule has 1 fully saturated rings. The third-order valence-corrected chi connectivity index (χ3v) is 2.67. The molecule has 2 nitrogen and oxygen atoms in total. The molecule has 1 heterocycles. The van der Waals surface area contributed by atoms with Crippen molar-refractivity contribution in [1.82, 2.24) is 0 Å². The fraction of sp³-hybridized carbons (Fsp3) is 1.00. The molecule has 0 radical (unpaired) electrons. The molecular weight excluding hydrogens is 235 g/mol. The number of rotatable bonds is 5. The van der Waals surface area contributed by atoms with Gasteiger partial charge in [-0.15, -0.1) is 0 Å². The summed E-state index contributed by atoms with van der Waals surface area (Å²) >= 11 is 0. The Morgan fingerprint density at radius 3 is 2.12 bits per heavy atom. The number of hydrogen-bond donors (Lipinski definition) is 0. The minimum Gasteiger partial charge on any atom is -0.382 e. The highest BCUT2D eigenvalue weighted by Gasteiger charge is 2.72. The lowest BCUT2D eigenvalue weighted by molar-refractivity contribution is -0.379. The van der Waals surface area contributed by atoms with E-state index in [2.05, 4.69) is 4.74 Å². The average molecular weight is 248 g/mol. The third-order valence-electron chi connectivity index (χ3n) is 2.67. The largest absolute Gasteiger partial charge is 0.456 e. The second-order valence-corrected chi connectivity index (χ2v) is 3.61. The highest BCUT2D eigenvalue weighted by atomic mass is 19.4. The summed E-state index contributed by atoms with van der Waals surface area (Å²) in [6.45, 7) is 1.67. The van der Waals surface area contributed by atoms with E-state index in [4.69, 9.17) is 4.74 Å². The molecule has 0 aromatic heterocycles. The minimum atomic E-state index is -5.58. The second-order valence-electron chi connectivity index (χ2n) is 3.61. The first-order chi connectivity index (χ1) is 7.27.